The second kappa shape index (κ2) is 8.09. The molecule has 0 aliphatic carbocycles. The van der Waals surface area contributed by atoms with E-state index in [0.29, 0.717) is 0 Å². The molecule has 1 heterocycles. The summed E-state index contributed by atoms with van der Waals surface area (Å²) in [6.07, 6.45) is -8.74. The number of carbonyl (C=O) groups is 2. The van der Waals surface area contributed by atoms with Crippen molar-refractivity contribution in [3.8, 4) is 0 Å². The SMILES string of the molecule is CC(NC(=O)Cc1csc(Br)c1)C(C)NC(=O)C(F)C(F)(F)F. The van der Waals surface area contributed by atoms with Crippen molar-refractivity contribution in [1.29, 1.82) is 0 Å². The van der Waals surface area contributed by atoms with Gasteiger partial charge in [-0.25, -0.2) is 4.39 Å². The van der Waals surface area contributed by atoms with Crippen molar-refractivity contribution < 1.29 is 27.2 Å². The Hall–Kier alpha value is -1.16. The fraction of sp³-hybridized carbons (Fsp3) is 0.538. The van der Waals surface area contributed by atoms with Crippen LogP contribution in [0.15, 0.2) is 15.2 Å². The zero-order valence-corrected chi connectivity index (χ0v) is 14.6. The van der Waals surface area contributed by atoms with Crippen LogP contribution in [-0.2, 0) is 16.0 Å². The highest BCUT2D eigenvalue weighted by atomic mass is 79.9. The molecule has 0 fully saturated rings. The van der Waals surface area contributed by atoms with Gasteiger partial charge in [-0.15, -0.1) is 11.3 Å². The summed E-state index contributed by atoms with van der Waals surface area (Å²) >= 11 is 4.68. The van der Waals surface area contributed by atoms with Crippen LogP contribution in [0.1, 0.15) is 19.4 Å². The minimum atomic E-state index is -5.25. The first-order valence-electron chi connectivity index (χ1n) is 6.54. The number of hydrogen-bond acceptors (Lipinski definition) is 3. The van der Waals surface area contributed by atoms with Gasteiger partial charge in [0.1, 0.15) is 0 Å². The van der Waals surface area contributed by atoms with Crippen LogP contribution in [0.2, 0.25) is 0 Å². The normalized spacial score (nSPS) is 15.6. The van der Waals surface area contributed by atoms with E-state index < -0.39 is 30.3 Å². The van der Waals surface area contributed by atoms with Crippen LogP contribution >= 0.6 is 27.3 Å². The van der Waals surface area contributed by atoms with Crippen LogP contribution in [0.5, 0.6) is 0 Å². The molecule has 0 saturated heterocycles. The van der Waals surface area contributed by atoms with Gasteiger partial charge < -0.3 is 10.6 Å². The summed E-state index contributed by atoms with van der Waals surface area (Å²) in [5.41, 5.74) is 0.782. The first-order valence-corrected chi connectivity index (χ1v) is 8.21. The van der Waals surface area contributed by atoms with Crippen LogP contribution in [0.4, 0.5) is 17.6 Å². The summed E-state index contributed by atoms with van der Waals surface area (Å²) in [7, 11) is 0. The lowest BCUT2D eigenvalue weighted by Crippen LogP contribution is -2.52. The third-order valence-electron chi connectivity index (χ3n) is 3.01. The minimum Gasteiger partial charge on any atom is -0.351 e. The zero-order chi connectivity index (χ0) is 17.8. The Labute approximate surface area is 142 Å². The van der Waals surface area contributed by atoms with E-state index in [4.69, 9.17) is 0 Å². The third kappa shape index (κ3) is 6.46. The van der Waals surface area contributed by atoms with Gasteiger partial charge in [0.2, 0.25) is 5.91 Å². The first-order chi connectivity index (χ1) is 10.5. The first kappa shape index (κ1) is 19.9. The van der Waals surface area contributed by atoms with Crippen molar-refractivity contribution in [1.82, 2.24) is 10.6 Å². The molecule has 0 saturated carbocycles. The Morgan fingerprint density at radius 2 is 1.83 bits per heavy atom. The number of thiophene rings is 1. The standard InChI is InChI=1S/C13H15BrF4N2O2S/c1-6(7(2)20-12(22)11(15)13(16,17)18)19-10(21)4-8-3-9(14)23-5-8/h3,5-7,11H,4H2,1-2H3,(H,19,21)(H,20,22). The van der Waals surface area contributed by atoms with Crippen molar-refractivity contribution >= 4 is 39.1 Å². The lowest BCUT2D eigenvalue weighted by Gasteiger charge is -2.23. The van der Waals surface area contributed by atoms with Gasteiger partial charge in [-0.3, -0.25) is 9.59 Å². The molecule has 0 aromatic carbocycles. The molecule has 2 amide bonds. The van der Waals surface area contributed by atoms with Crippen LogP contribution in [0, 0.1) is 0 Å². The highest BCUT2D eigenvalue weighted by molar-refractivity contribution is 9.11. The Kier molecular flexibility index (Phi) is 7.00. The molecular weight excluding hydrogens is 404 g/mol. The smallest absolute Gasteiger partial charge is 0.351 e. The molecule has 0 radical (unpaired) electrons. The molecule has 2 N–H and O–H groups in total. The molecule has 1 rings (SSSR count). The Balaban J connectivity index is 2.48. The second-order valence-corrected chi connectivity index (χ2v) is 7.28. The zero-order valence-electron chi connectivity index (χ0n) is 12.2. The molecule has 1 aromatic rings. The fourth-order valence-electron chi connectivity index (χ4n) is 1.63. The van der Waals surface area contributed by atoms with Crippen molar-refractivity contribution in [3.63, 3.8) is 0 Å². The van der Waals surface area contributed by atoms with E-state index in [1.807, 2.05) is 5.32 Å². The molecule has 0 aliphatic heterocycles. The fourth-order valence-corrected chi connectivity index (χ4v) is 2.83. The highest BCUT2D eigenvalue weighted by Gasteiger charge is 2.46. The predicted molar refractivity (Wildman–Crippen MR) is 81.9 cm³/mol. The quantitative estimate of drug-likeness (QED) is 0.697. The summed E-state index contributed by atoms with van der Waals surface area (Å²) < 4.78 is 50.0. The summed E-state index contributed by atoms with van der Waals surface area (Å²) in [5.74, 6) is -2.12. The van der Waals surface area contributed by atoms with Crippen LogP contribution < -0.4 is 10.6 Å². The van der Waals surface area contributed by atoms with Crippen molar-refractivity contribution in [2.75, 3.05) is 0 Å². The molecule has 4 nitrogen and oxygen atoms in total. The number of nitrogens with one attached hydrogen (secondary N) is 2. The van der Waals surface area contributed by atoms with E-state index in [-0.39, 0.29) is 12.3 Å². The van der Waals surface area contributed by atoms with E-state index in [1.165, 1.54) is 25.2 Å². The van der Waals surface area contributed by atoms with Crippen molar-refractivity contribution in [2.24, 2.45) is 0 Å². The van der Waals surface area contributed by atoms with Crippen molar-refractivity contribution in [3.05, 3.63) is 20.8 Å². The highest BCUT2D eigenvalue weighted by Crippen LogP contribution is 2.23. The molecule has 0 bridgehead atoms. The van der Waals surface area contributed by atoms with E-state index in [9.17, 15) is 27.2 Å². The van der Waals surface area contributed by atoms with E-state index in [1.54, 1.807) is 11.4 Å². The van der Waals surface area contributed by atoms with E-state index in [0.717, 1.165) is 9.35 Å². The number of hydrogen-bond donors (Lipinski definition) is 2. The Morgan fingerprint density at radius 1 is 1.26 bits per heavy atom. The molecule has 10 heteroatoms. The van der Waals surface area contributed by atoms with Gasteiger partial charge in [0.05, 0.1) is 10.2 Å². The Bertz CT molecular complexity index is 564. The molecule has 1 aromatic heterocycles. The van der Waals surface area contributed by atoms with E-state index in [2.05, 4.69) is 21.2 Å². The summed E-state index contributed by atoms with van der Waals surface area (Å²) in [4.78, 5) is 23.0. The topological polar surface area (TPSA) is 58.2 Å². The molecule has 3 atom stereocenters. The van der Waals surface area contributed by atoms with Gasteiger partial charge in [-0.05, 0) is 46.8 Å². The molecule has 3 unspecified atom stereocenters. The van der Waals surface area contributed by atoms with Gasteiger partial charge in [-0.1, -0.05) is 0 Å². The second-order valence-electron chi connectivity index (χ2n) is 4.99. The van der Waals surface area contributed by atoms with Gasteiger partial charge in [0.25, 0.3) is 12.1 Å². The van der Waals surface area contributed by atoms with Gasteiger partial charge in [0, 0.05) is 12.1 Å². The average Bonchev–Trinajstić information content (AvgIpc) is 2.81. The maximum absolute atomic E-state index is 12.9. The molecule has 0 spiro atoms. The molecule has 0 aliphatic rings. The summed E-state index contributed by atoms with van der Waals surface area (Å²) in [6, 6.07) is 0.257. The van der Waals surface area contributed by atoms with Gasteiger partial charge >= 0.3 is 6.18 Å². The largest absolute Gasteiger partial charge is 0.428 e. The maximum atomic E-state index is 12.9. The van der Waals surface area contributed by atoms with Crippen LogP contribution in [0.3, 0.4) is 0 Å². The molecule has 130 valence electrons. The number of halogens is 5. The Morgan fingerprint density at radius 3 is 2.30 bits per heavy atom. The monoisotopic (exact) mass is 418 g/mol. The minimum absolute atomic E-state index is 0.0986. The maximum Gasteiger partial charge on any atom is 0.428 e. The van der Waals surface area contributed by atoms with Crippen molar-refractivity contribution in [2.45, 2.75) is 44.7 Å². The van der Waals surface area contributed by atoms with Gasteiger partial charge in [-0.2, -0.15) is 13.2 Å². The lowest BCUT2D eigenvalue weighted by molar-refractivity contribution is -0.187. The number of rotatable bonds is 6. The third-order valence-corrected chi connectivity index (χ3v) is 4.57. The number of carbonyl (C=O) groups excluding carboxylic acids is 2. The summed E-state index contributed by atoms with van der Waals surface area (Å²) in [5, 5.41) is 6.25. The van der Waals surface area contributed by atoms with Crippen LogP contribution in [-0.4, -0.2) is 36.2 Å². The number of amides is 2. The summed E-state index contributed by atoms with van der Waals surface area (Å²) in [6.45, 7) is 2.89. The van der Waals surface area contributed by atoms with Crippen LogP contribution in [0.25, 0.3) is 0 Å². The number of alkyl halides is 4. The lowest BCUT2D eigenvalue weighted by atomic mass is 10.1. The van der Waals surface area contributed by atoms with Gasteiger partial charge in [0.15, 0.2) is 0 Å². The molecule has 23 heavy (non-hydrogen) atoms. The predicted octanol–water partition coefficient (Wildman–Crippen LogP) is 2.96. The molecular formula is C13H15BrF4N2O2S. The average molecular weight is 419 g/mol. The van der Waals surface area contributed by atoms with E-state index >= 15 is 0 Å².